The van der Waals surface area contributed by atoms with Gasteiger partial charge in [0.1, 0.15) is 11.9 Å². The maximum atomic E-state index is 12.0. The average molecular weight is 978 g/mol. The molecule has 0 amide bonds. The molecule has 1 saturated heterocycles. The van der Waals surface area contributed by atoms with Gasteiger partial charge in [0.05, 0.1) is 44.2 Å². The standard InChI is InChI=1S/C56H92O8Si3/c1-39(36-40(2)51(64-66(18,19)55(9,10)11)43(5)49(57)41(3)37-62-65(16,17)54(6,7)8)50(58)53-52(63-53)42(4)48(60-38-44-30-32-45(59-15)33-31-44)34-35-61-67(56(12,13)14,46-26-22-20-23-27-46)47-28-24-21-25-29-47/h20-33,36,39,41-43,48-53,57-58H,34-35,37-38H2,1-19H3/b40-36+/t39-,41-,42+,43-,48+,49+,50+,51-,52+,53+/m0/s1. The van der Waals surface area contributed by atoms with Gasteiger partial charge in [-0.15, -0.1) is 0 Å². The fourth-order valence-corrected chi connectivity index (χ4v) is 16.0. The molecule has 67 heavy (non-hydrogen) atoms. The van der Waals surface area contributed by atoms with Gasteiger partial charge >= 0.3 is 0 Å². The first-order valence-corrected chi connectivity index (χ1v) is 32.7. The number of rotatable bonds is 24. The van der Waals surface area contributed by atoms with E-state index in [4.69, 9.17) is 27.5 Å². The molecule has 376 valence electrons. The molecule has 0 saturated carbocycles. The summed E-state index contributed by atoms with van der Waals surface area (Å²) < 4.78 is 39.9. The number of hydrogen-bond acceptors (Lipinski definition) is 8. The van der Waals surface area contributed by atoms with Crippen molar-refractivity contribution >= 4 is 35.3 Å². The highest BCUT2D eigenvalue weighted by Crippen LogP contribution is 2.43. The van der Waals surface area contributed by atoms with Crippen LogP contribution in [0.15, 0.2) is 96.6 Å². The van der Waals surface area contributed by atoms with E-state index in [9.17, 15) is 10.2 Å². The van der Waals surface area contributed by atoms with Crippen LogP contribution in [0.2, 0.25) is 41.3 Å². The Morgan fingerprint density at radius 1 is 0.701 bits per heavy atom. The molecule has 0 bridgehead atoms. The first kappa shape index (κ1) is 57.2. The fraction of sp³-hybridized carbons (Fsp3) is 0.643. The van der Waals surface area contributed by atoms with Crippen LogP contribution in [-0.2, 0) is 29.4 Å². The van der Waals surface area contributed by atoms with Crippen LogP contribution in [0.1, 0.15) is 109 Å². The highest BCUT2D eigenvalue weighted by Gasteiger charge is 2.53. The zero-order chi connectivity index (χ0) is 50.3. The summed E-state index contributed by atoms with van der Waals surface area (Å²) in [6.07, 6.45) is 0.339. The third-order valence-electron chi connectivity index (χ3n) is 15.6. The second-order valence-corrected chi connectivity index (χ2v) is 37.8. The number of benzene rings is 3. The first-order valence-electron chi connectivity index (χ1n) is 25.0. The SMILES string of the molecule is COc1ccc(CO[C@H](CCO[Si](c2ccccc2)(c2ccccc2)C(C)(C)C)[C@@H](C)[C@H]2O[C@@H]2[C@H](O)[C@@H](C)/C=C(\C)[C@H](O[Si](C)(C)C(C)(C)C)[C@@H](C)[C@H](O)[C@@H](C)CO[Si](C)(C)C(C)(C)C)cc1. The van der Waals surface area contributed by atoms with Crippen LogP contribution >= 0.6 is 0 Å². The molecule has 2 N–H and O–H groups in total. The van der Waals surface area contributed by atoms with E-state index in [1.54, 1.807) is 7.11 Å². The van der Waals surface area contributed by atoms with E-state index in [0.717, 1.165) is 16.9 Å². The van der Waals surface area contributed by atoms with Crippen LogP contribution in [-0.4, -0.2) is 92.1 Å². The van der Waals surface area contributed by atoms with Gasteiger partial charge in [-0.25, -0.2) is 0 Å². The van der Waals surface area contributed by atoms with E-state index in [1.165, 1.54) is 10.4 Å². The summed E-state index contributed by atoms with van der Waals surface area (Å²) in [5, 5.41) is 26.4. The molecule has 10 atom stereocenters. The molecule has 0 aromatic heterocycles. The van der Waals surface area contributed by atoms with Crippen LogP contribution in [0, 0.1) is 23.7 Å². The molecule has 8 nitrogen and oxygen atoms in total. The zero-order valence-electron chi connectivity index (χ0n) is 45.1. The third kappa shape index (κ3) is 14.4. The largest absolute Gasteiger partial charge is 0.497 e. The van der Waals surface area contributed by atoms with Crippen molar-refractivity contribution in [3.05, 3.63) is 102 Å². The van der Waals surface area contributed by atoms with Gasteiger partial charge in [-0.05, 0) is 88.3 Å². The van der Waals surface area contributed by atoms with Crippen molar-refractivity contribution in [2.24, 2.45) is 23.7 Å². The lowest BCUT2D eigenvalue weighted by atomic mass is 9.85. The Kier molecular flexibility index (Phi) is 19.8. The molecule has 0 radical (unpaired) electrons. The number of methoxy groups -OCH3 is 1. The van der Waals surface area contributed by atoms with E-state index >= 15 is 0 Å². The molecule has 0 spiro atoms. The normalized spacial score (nSPS) is 20.3. The molecule has 0 unspecified atom stereocenters. The Labute approximate surface area is 411 Å². The van der Waals surface area contributed by atoms with Crippen molar-refractivity contribution in [3.63, 3.8) is 0 Å². The summed E-state index contributed by atoms with van der Waals surface area (Å²) in [5.74, 6) is 0.263. The molecule has 1 aliphatic heterocycles. The van der Waals surface area contributed by atoms with Gasteiger partial charge in [0.2, 0.25) is 0 Å². The molecular formula is C56H92O8Si3. The maximum absolute atomic E-state index is 12.0. The van der Waals surface area contributed by atoms with Gasteiger partial charge in [-0.2, -0.15) is 0 Å². The van der Waals surface area contributed by atoms with Crippen LogP contribution in [0.25, 0.3) is 0 Å². The average Bonchev–Trinajstić information content (AvgIpc) is 4.07. The minimum atomic E-state index is -2.77. The summed E-state index contributed by atoms with van der Waals surface area (Å²) >= 11 is 0. The molecule has 4 rings (SSSR count). The first-order chi connectivity index (χ1) is 31.0. The Bertz CT molecular complexity index is 1930. The van der Waals surface area contributed by atoms with Gasteiger partial charge in [-0.1, -0.05) is 169 Å². The molecule has 3 aromatic carbocycles. The third-order valence-corrected chi connectivity index (χ3v) is 29.6. The van der Waals surface area contributed by atoms with Crippen molar-refractivity contribution in [1.82, 2.24) is 0 Å². The summed E-state index contributed by atoms with van der Waals surface area (Å²) in [7, 11) is -5.37. The minimum Gasteiger partial charge on any atom is -0.497 e. The van der Waals surface area contributed by atoms with E-state index in [2.05, 4.69) is 190 Å². The second-order valence-electron chi connectivity index (χ2n) is 23.9. The van der Waals surface area contributed by atoms with Crippen LogP contribution in [0.4, 0.5) is 0 Å². The summed E-state index contributed by atoms with van der Waals surface area (Å²) in [5.41, 5.74) is 2.08. The number of hydrogen-bond donors (Lipinski definition) is 2. The number of ether oxygens (including phenoxy) is 3. The lowest BCUT2D eigenvalue weighted by molar-refractivity contribution is -0.0146. The smallest absolute Gasteiger partial charge is 0.261 e. The van der Waals surface area contributed by atoms with Gasteiger partial charge in [0.25, 0.3) is 8.32 Å². The van der Waals surface area contributed by atoms with Crippen molar-refractivity contribution < 1.29 is 37.7 Å². The van der Waals surface area contributed by atoms with Crippen molar-refractivity contribution in [2.45, 2.75) is 188 Å². The topological polar surface area (TPSA) is 99.1 Å². The lowest BCUT2D eigenvalue weighted by Crippen LogP contribution is -2.66. The molecular weight excluding hydrogens is 885 g/mol. The Balaban J connectivity index is 1.57. The van der Waals surface area contributed by atoms with Gasteiger partial charge < -0.3 is 37.7 Å². The van der Waals surface area contributed by atoms with Gasteiger partial charge in [-0.3, -0.25) is 0 Å². The quantitative estimate of drug-likeness (QED) is 0.0520. The number of aliphatic hydroxyl groups is 2. The Hall–Kier alpha value is -2.43. The van der Waals surface area contributed by atoms with E-state index in [1.807, 2.05) is 24.3 Å². The predicted molar refractivity (Wildman–Crippen MR) is 286 cm³/mol. The van der Waals surface area contributed by atoms with Crippen molar-refractivity contribution in [1.29, 1.82) is 0 Å². The van der Waals surface area contributed by atoms with Gasteiger partial charge in [0.15, 0.2) is 16.6 Å². The lowest BCUT2D eigenvalue weighted by Gasteiger charge is -2.43. The van der Waals surface area contributed by atoms with E-state index in [0.29, 0.717) is 26.2 Å². The summed E-state index contributed by atoms with van der Waals surface area (Å²) in [6.45, 7) is 41.4. The summed E-state index contributed by atoms with van der Waals surface area (Å²) in [4.78, 5) is 0. The van der Waals surface area contributed by atoms with Gasteiger partial charge in [0, 0.05) is 36.9 Å². The number of epoxide rings is 1. The Morgan fingerprint density at radius 3 is 1.70 bits per heavy atom. The highest BCUT2D eigenvalue weighted by molar-refractivity contribution is 6.99. The maximum Gasteiger partial charge on any atom is 0.261 e. The molecule has 1 fully saturated rings. The van der Waals surface area contributed by atoms with Crippen molar-refractivity contribution in [2.75, 3.05) is 20.3 Å². The van der Waals surface area contributed by atoms with Crippen LogP contribution in [0.5, 0.6) is 5.75 Å². The van der Waals surface area contributed by atoms with Crippen molar-refractivity contribution in [3.8, 4) is 5.75 Å². The Morgan fingerprint density at radius 2 is 1.22 bits per heavy atom. The molecule has 1 aliphatic rings. The molecule has 11 heteroatoms. The number of aliphatic hydroxyl groups excluding tert-OH is 2. The zero-order valence-corrected chi connectivity index (χ0v) is 48.1. The predicted octanol–water partition coefficient (Wildman–Crippen LogP) is 11.9. The summed E-state index contributed by atoms with van der Waals surface area (Å²) in [6, 6.07) is 29.5. The van der Waals surface area contributed by atoms with Crippen LogP contribution < -0.4 is 15.1 Å². The molecule has 1 heterocycles. The molecule has 3 aromatic rings. The van der Waals surface area contributed by atoms with E-state index < -0.39 is 37.2 Å². The monoisotopic (exact) mass is 977 g/mol. The van der Waals surface area contributed by atoms with Crippen LogP contribution in [0.3, 0.4) is 0 Å². The minimum absolute atomic E-state index is 0.0276. The molecule has 0 aliphatic carbocycles. The second kappa shape index (κ2) is 23.2. The highest BCUT2D eigenvalue weighted by atomic mass is 28.4. The fourth-order valence-electron chi connectivity index (χ4n) is 8.93. The van der Waals surface area contributed by atoms with E-state index in [-0.39, 0.29) is 63.2 Å².